The average molecular weight is 361 g/mol. The summed E-state index contributed by atoms with van der Waals surface area (Å²) in [6, 6.07) is 12.4. The Labute approximate surface area is 146 Å². The van der Waals surface area contributed by atoms with Crippen LogP contribution in [0.25, 0.3) is 0 Å². The first-order chi connectivity index (χ1) is 11.7. The Kier molecular flexibility index (Phi) is 5.55. The highest BCUT2D eigenvalue weighted by Gasteiger charge is 2.17. The number of carbonyl (C=O) groups excluding carboxylic acids is 2. The van der Waals surface area contributed by atoms with Crippen molar-refractivity contribution in [1.82, 2.24) is 0 Å². The molecule has 25 heavy (non-hydrogen) atoms. The standard InChI is InChI=1S/C17H19N3O4S/c1-11(2)14-5-3-4-6-15(14)20-17(22)16(21)19-12-7-9-13(10-8-12)25(18,23)24/h3-11H,1-2H3,(H,19,21)(H,20,22)(H2,18,23,24). The summed E-state index contributed by atoms with van der Waals surface area (Å²) in [5, 5.41) is 9.98. The summed E-state index contributed by atoms with van der Waals surface area (Å²) in [6.07, 6.45) is 0. The Morgan fingerprint density at radius 1 is 0.920 bits per heavy atom. The average Bonchev–Trinajstić information content (AvgIpc) is 2.54. The second kappa shape index (κ2) is 7.45. The zero-order valence-corrected chi connectivity index (χ0v) is 14.6. The van der Waals surface area contributed by atoms with E-state index in [2.05, 4.69) is 10.6 Å². The van der Waals surface area contributed by atoms with Gasteiger partial charge < -0.3 is 10.6 Å². The van der Waals surface area contributed by atoms with E-state index in [0.29, 0.717) is 5.69 Å². The number of hydrogen-bond donors (Lipinski definition) is 3. The van der Waals surface area contributed by atoms with Crippen LogP contribution in [0.15, 0.2) is 53.4 Å². The zero-order valence-electron chi connectivity index (χ0n) is 13.8. The maximum atomic E-state index is 12.1. The molecule has 0 unspecified atom stereocenters. The van der Waals surface area contributed by atoms with Gasteiger partial charge in [0.05, 0.1) is 4.90 Å². The Balaban J connectivity index is 2.07. The van der Waals surface area contributed by atoms with Crippen molar-refractivity contribution >= 4 is 33.2 Å². The number of nitrogens with two attached hydrogens (primary N) is 1. The first kappa shape index (κ1) is 18.6. The highest BCUT2D eigenvalue weighted by Crippen LogP contribution is 2.23. The van der Waals surface area contributed by atoms with Gasteiger partial charge in [0, 0.05) is 11.4 Å². The number of hydrogen-bond acceptors (Lipinski definition) is 4. The molecule has 7 nitrogen and oxygen atoms in total. The third-order valence-corrected chi connectivity index (χ3v) is 4.41. The Morgan fingerprint density at radius 3 is 2.04 bits per heavy atom. The van der Waals surface area contributed by atoms with Crippen LogP contribution in [0.3, 0.4) is 0 Å². The normalized spacial score (nSPS) is 11.2. The van der Waals surface area contributed by atoms with Crippen molar-refractivity contribution in [2.75, 3.05) is 10.6 Å². The van der Waals surface area contributed by atoms with E-state index in [1.54, 1.807) is 12.1 Å². The van der Waals surface area contributed by atoms with Crippen LogP contribution in [-0.4, -0.2) is 20.2 Å². The molecule has 4 N–H and O–H groups in total. The minimum absolute atomic E-state index is 0.0826. The van der Waals surface area contributed by atoms with E-state index >= 15 is 0 Å². The minimum Gasteiger partial charge on any atom is -0.318 e. The van der Waals surface area contributed by atoms with Crippen LogP contribution >= 0.6 is 0 Å². The topological polar surface area (TPSA) is 118 Å². The summed E-state index contributed by atoms with van der Waals surface area (Å²) in [6.45, 7) is 3.97. The maximum Gasteiger partial charge on any atom is 0.314 e. The van der Waals surface area contributed by atoms with Crippen molar-refractivity contribution in [1.29, 1.82) is 0 Å². The number of amides is 2. The Hall–Kier alpha value is -2.71. The van der Waals surface area contributed by atoms with Gasteiger partial charge in [-0.15, -0.1) is 0 Å². The largest absolute Gasteiger partial charge is 0.318 e. The summed E-state index contributed by atoms with van der Waals surface area (Å²) in [7, 11) is -3.81. The van der Waals surface area contributed by atoms with E-state index in [-0.39, 0.29) is 16.5 Å². The van der Waals surface area contributed by atoms with Crippen LogP contribution in [0.5, 0.6) is 0 Å². The number of rotatable bonds is 4. The van der Waals surface area contributed by atoms with E-state index in [4.69, 9.17) is 5.14 Å². The molecule has 0 heterocycles. The minimum atomic E-state index is -3.81. The molecule has 2 amide bonds. The van der Waals surface area contributed by atoms with Gasteiger partial charge in [-0.3, -0.25) is 9.59 Å². The molecule has 2 rings (SSSR count). The third kappa shape index (κ3) is 4.88. The molecule has 0 saturated heterocycles. The summed E-state index contributed by atoms with van der Waals surface area (Å²) >= 11 is 0. The Bertz CT molecular complexity index is 890. The molecule has 0 radical (unpaired) electrons. The highest BCUT2D eigenvalue weighted by molar-refractivity contribution is 7.89. The van der Waals surface area contributed by atoms with Crippen molar-refractivity contribution in [3.63, 3.8) is 0 Å². The van der Waals surface area contributed by atoms with Crippen molar-refractivity contribution in [3.8, 4) is 0 Å². The predicted octanol–water partition coefficient (Wildman–Crippen LogP) is 2.03. The number of anilines is 2. The third-order valence-electron chi connectivity index (χ3n) is 3.48. The lowest BCUT2D eigenvalue weighted by atomic mass is 10.0. The molecule has 0 saturated carbocycles. The molecule has 2 aromatic rings. The lowest BCUT2D eigenvalue weighted by Crippen LogP contribution is -2.29. The molecule has 2 aromatic carbocycles. The summed E-state index contributed by atoms with van der Waals surface area (Å²) < 4.78 is 22.4. The quantitative estimate of drug-likeness (QED) is 0.722. The molecule has 0 aliphatic rings. The maximum absolute atomic E-state index is 12.1. The van der Waals surface area contributed by atoms with Crippen molar-refractivity contribution in [3.05, 3.63) is 54.1 Å². The molecule has 0 bridgehead atoms. The van der Waals surface area contributed by atoms with Gasteiger partial charge >= 0.3 is 11.8 Å². The van der Waals surface area contributed by atoms with Gasteiger partial charge in [0.1, 0.15) is 0 Å². The summed E-state index contributed by atoms with van der Waals surface area (Å²) in [5.41, 5.74) is 1.77. The molecule has 8 heteroatoms. The molecule has 0 aliphatic heterocycles. The van der Waals surface area contributed by atoms with Crippen LogP contribution in [0, 0.1) is 0 Å². The number of sulfonamides is 1. The van der Waals surface area contributed by atoms with Gasteiger partial charge in [-0.1, -0.05) is 32.0 Å². The van der Waals surface area contributed by atoms with Gasteiger partial charge in [-0.25, -0.2) is 13.6 Å². The molecule has 0 spiro atoms. The van der Waals surface area contributed by atoms with E-state index in [1.165, 1.54) is 24.3 Å². The molecule has 0 atom stereocenters. The summed E-state index contributed by atoms with van der Waals surface area (Å²) in [4.78, 5) is 24.0. The molecular weight excluding hydrogens is 342 g/mol. The predicted molar refractivity (Wildman–Crippen MR) is 95.6 cm³/mol. The fourth-order valence-corrected chi connectivity index (χ4v) is 2.72. The Morgan fingerprint density at radius 2 is 1.48 bits per heavy atom. The fourth-order valence-electron chi connectivity index (χ4n) is 2.21. The van der Waals surface area contributed by atoms with Crippen LogP contribution in [0.2, 0.25) is 0 Å². The van der Waals surface area contributed by atoms with Gasteiger partial charge in [0.2, 0.25) is 10.0 Å². The van der Waals surface area contributed by atoms with Gasteiger partial charge in [0.25, 0.3) is 0 Å². The van der Waals surface area contributed by atoms with Crippen molar-refractivity contribution in [2.45, 2.75) is 24.7 Å². The van der Waals surface area contributed by atoms with E-state index in [0.717, 1.165) is 5.56 Å². The number of nitrogens with one attached hydrogen (secondary N) is 2. The van der Waals surface area contributed by atoms with E-state index in [9.17, 15) is 18.0 Å². The molecular formula is C17H19N3O4S. The monoisotopic (exact) mass is 361 g/mol. The highest BCUT2D eigenvalue weighted by atomic mass is 32.2. The summed E-state index contributed by atoms with van der Waals surface area (Å²) in [5.74, 6) is -1.49. The van der Waals surface area contributed by atoms with E-state index < -0.39 is 21.8 Å². The SMILES string of the molecule is CC(C)c1ccccc1NC(=O)C(=O)Nc1ccc(S(N)(=O)=O)cc1. The lowest BCUT2D eigenvalue weighted by molar-refractivity contribution is -0.133. The van der Waals surface area contributed by atoms with Crippen LogP contribution in [0.1, 0.15) is 25.3 Å². The number of primary sulfonamides is 1. The molecule has 0 aliphatic carbocycles. The van der Waals surface area contributed by atoms with Crippen molar-refractivity contribution in [2.24, 2.45) is 5.14 Å². The fraction of sp³-hybridized carbons (Fsp3) is 0.176. The van der Waals surface area contributed by atoms with Crippen molar-refractivity contribution < 1.29 is 18.0 Å². The van der Waals surface area contributed by atoms with Crippen LogP contribution in [0.4, 0.5) is 11.4 Å². The number of carbonyl (C=O) groups is 2. The molecule has 0 aromatic heterocycles. The lowest BCUT2D eigenvalue weighted by Gasteiger charge is -2.13. The molecule has 132 valence electrons. The second-order valence-corrected chi connectivity index (χ2v) is 7.28. The number of benzene rings is 2. The van der Waals surface area contributed by atoms with E-state index in [1.807, 2.05) is 26.0 Å². The first-order valence-corrected chi connectivity index (χ1v) is 9.07. The second-order valence-electron chi connectivity index (χ2n) is 5.72. The van der Waals surface area contributed by atoms with Gasteiger partial charge in [-0.05, 0) is 41.8 Å². The number of para-hydroxylation sites is 1. The molecule has 0 fully saturated rings. The smallest absolute Gasteiger partial charge is 0.314 e. The van der Waals surface area contributed by atoms with Gasteiger partial charge in [-0.2, -0.15) is 0 Å². The zero-order chi connectivity index (χ0) is 18.6. The van der Waals surface area contributed by atoms with Crippen LogP contribution < -0.4 is 15.8 Å². The van der Waals surface area contributed by atoms with Crippen LogP contribution in [-0.2, 0) is 19.6 Å². The van der Waals surface area contributed by atoms with Gasteiger partial charge in [0.15, 0.2) is 0 Å². The first-order valence-electron chi connectivity index (χ1n) is 7.52.